The van der Waals surface area contributed by atoms with Crippen LogP contribution in [-0.4, -0.2) is 11.8 Å². The van der Waals surface area contributed by atoms with Crippen LogP contribution in [0.15, 0.2) is 52.3 Å². The molecule has 2 heterocycles. The lowest BCUT2D eigenvalue weighted by Crippen LogP contribution is -2.35. The molecule has 0 radical (unpaired) electrons. The largest absolute Gasteiger partial charge is 0.458 e. The first-order valence-electron chi connectivity index (χ1n) is 7.20. The molecule has 0 aliphatic carbocycles. The molecule has 3 rings (SSSR count). The van der Waals surface area contributed by atoms with Crippen molar-refractivity contribution < 1.29 is 22.8 Å². The Morgan fingerprint density at radius 2 is 1.92 bits per heavy atom. The monoisotopic (exact) mass is 362 g/mol. The van der Waals surface area contributed by atoms with Crippen LogP contribution in [-0.2, 0) is 16.1 Å². The number of benzene rings is 1. The molecule has 0 saturated carbocycles. The highest BCUT2D eigenvalue weighted by molar-refractivity contribution is 7.13. The van der Waals surface area contributed by atoms with Crippen LogP contribution in [0, 0.1) is 11.6 Å². The summed E-state index contributed by atoms with van der Waals surface area (Å²) in [6.07, 6.45) is 0. The van der Waals surface area contributed by atoms with E-state index in [2.05, 4.69) is 10.6 Å². The molecule has 0 spiro atoms. The summed E-state index contributed by atoms with van der Waals surface area (Å²) in [7, 11) is 0. The maximum absolute atomic E-state index is 13.5. The smallest absolute Gasteiger partial charge is 0.313 e. The third-order valence-corrected chi connectivity index (χ3v) is 4.12. The highest BCUT2D eigenvalue weighted by Gasteiger charge is 2.16. The Morgan fingerprint density at radius 1 is 1.08 bits per heavy atom. The molecule has 128 valence electrons. The minimum Gasteiger partial charge on any atom is -0.458 e. The number of carbonyl (C=O) groups excluding carboxylic acids is 2. The predicted molar refractivity (Wildman–Crippen MR) is 88.9 cm³/mol. The summed E-state index contributed by atoms with van der Waals surface area (Å²) in [5, 5.41) is 6.36. The van der Waals surface area contributed by atoms with Gasteiger partial charge in [0.1, 0.15) is 23.2 Å². The molecule has 0 aliphatic heterocycles. The third-order valence-electron chi connectivity index (χ3n) is 3.23. The Hall–Kier alpha value is -3.00. The Kier molecular flexibility index (Phi) is 4.90. The average Bonchev–Trinajstić information content (AvgIpc) is 3.26. The van der Waals surface area contributed by atoms with E-state index in [9.17, 15) is 18.4 Å². The molecular weight excluding hydrogens is 350 g/mol. The fourth-order valence-electron chi connectivity index (χ4n) is 2.04. The molecule has 2 aromatic heterocycles. The summed E-state index contributed by atoms with van der Waals surface area (Å²) in [6, 6.07) is 9.87. The SMILES string of the molecule is O=C(NCc1ccc(-c2cccs2)o1)C(=O)Nc1ccc(F)cc1F. The molecule has 0 unspecified atom stereocenters. The van der Waals surface area contributed by atoms with Gasteiger partial charge in [-0.15, -0.1) is 11.3 Å². The van der Waals surface area contributed by atoms with Crippen molar-refractivity contribution in [3.05, 3.63) is 65.2 Å². The molecular formula is C17H12F2N2O3S. The van der Waals surface area contributed by atoms with Crippen molar-refractivity contribution in [2.45, 2.75) is 6.54 Å². The summed E-state index contributed by atoms with van der Waals surface area (Å²) in [6.45, 7) is 0.00350. The second-order valence-electron chi connectivity index (χ2n) is 5.00. The molecule has 3 aromatic rings. The van der Waals surface area contributed by atoms with Crippen molar-refractivity contribution in [3.8, 4) is 10.6 Å². The van der Waals surface area contributed by atoms with Crippen LogP contribution in [0.25, 0.3) is 10.6 Å². The van der Waals surface area contributed by atoms with Gasteiger partial charge in [-0.3, -0.25) is 9.59 Å². The number of hydrogen-bond acceptors (Lipinski definition) is 4. The van der Waals surface area contributed by atoms with Gasteiger partial charge >= 0.3 is 11.8 Å². The number of thiophene rings is 1. The van der Waals surface area contributed by atoms with Crippen molar-refractivity contribution in [1.82, 2.24) is 5.32 Å². The molecule has 8 heteroatoms. The van der Waals surface area contributed by atoms with Crippen molar-refractivity contribution >= 4 is 28.8 Å². The maximum Gasteiger partial charge on any atom is 0.313 e. The Bertz CT molecular complexity index is 907. The Morgan fingerprint density at radius 3 is 2.64 bits per heavy atom. The lowest BCUT2D eigenvalue weighted by molar-refractivity contribution is -0.136. The zero-order valence-electron chi connectivity index (χ0n) is 12.7. The molecule has 25 heavy (non-hydrogen) atoms. The van der Waals surface area contributed by atoms with Crippen molar-refractivity contribution in [2.24, 2.45) is 0 Å². The first-order valence-corrected chi connectivity index (χ1v) is 8.08. The first kappa shape index (κ1) is 16.8. The number of nitrogens with one attached hydrogen (secondary N) is 2. The van der Waals surface area contributed by atoms with E-state index < -0.39 is 23.4 Å². The highest BCUT2D eigenvalue weighted by Crippen LogP contribution is 2.26. The molecule has 0 atom stereocenters. The van der Waals surface area contributed by atoms with E-state index in [0.717, 1.165) is 17.0 Å². The van der Waals surface area contributed by atoms with Crippen LogP contribution in [0.2, 0.25) is 0 Å². The number of anilines is 1. The van der Waals surface area contributed by atoms with E-state index in [4.69, 9.17) is 4.42 Å². The van der Waals surface area contributed by atoms with Crippen LogP contribution < -0.4 is 10.6 Å². The van der Waals surface area contributed by atoms with Gasteiger partial charge in [-0.25, -0.2) is 8.78 Å². The van der Waals surface area contributed by atoms with Gasteiger partial charge in [0.25, 0.3) is 0 Å². The summed E-state index contributed by atoms with van der Waals surface area (Å²) in [5.41, 5.74) is -0.278. The molecule has 0 saturated heterocycles. The van der Waals surface area contributed by atoms with E-state index in [0.29, 0.717) is 17.6 Å². The van der Waals surface area contributed by atoms with Crippen molar-refractivity contribution in [2.75, 3.05) is 5.32 Å². The van der Waals surface area contributed by atoms with Gasteiger partial charge in [0.2, 0.25) is 0 Å². The number of amides is 2. The van der Waals surface area contributed by atoms with Crippen LogP contribution in [0.1, 0.15) is 5.76 Å². The third kappa shape index (κ3) is 4.10. The van der Waals surface area contributed by atoms with E-state index in [1.54, 1.807) is 12.1 Å². The molecule has 5 nitrogen and oxygen atoms in total. The fraction of sp³-hybridized carbons (Fsp3) is 0.0588. The molecule has 0 fully saturated rings. The second kappa shape index (κ2) is 7.27. The fourth-order valence-corrected chi connectivity index (χ4v) is 2.73. The topological polar surface area (TPSA) is 71.3 Å². The van der Waals surface area contributed by atoms with Crippen LogP contribution >= 0.6 is 11.3 Å². The summed E-state index contributed by atoms with van der Waals surface area (Å²) < 4.78 is 31.8. The maximum atomic E-state index is 13.5. The molecule has 1 aromatic carbocycles. The number of rotatable bonds is 4. The Labute approximate surface area is 145 Å². The zero-order valence-corrected chi connectivity index (χ0v) is 13.5. The second-order valence-corrected chi connectivity index (χ2v) is 5.95. The number of furan rings is 1. The molecule has 0 bridgehead atoms. The van der Waals surface area contributed by atoms with Crippen LogP contribution in [0.5, 0.6) is 0 Å². The lowest BCUT2D eigenvalue weighted by atomic mass is 10.3. The van der Waals surface area contributed by atoms with Crippen molar-refractivity contribution in [3.63, 3.8) is 0 Å². The molecule has 0 aliphatic rings. The first-order chi connectivity index (χ1) is 12.0. The van der Waals surface area contributed by atoms with E-state index in [1.165, 1.54) is 11.3 Å². The summed E-state index contributed by atoms with van der Waals surface area (Å²) in [5.74, 6) is -2.63. The van der Waals surface area contributed by atoms with Crippen LogP contribution in [0.3, 0.4) is 0 Å². The van der Waals surface area contributed by atoms with Gasteiger partial charge < -0.3 is 15.1 Å². The molecule has 2 N–H and O–H groups in total. The Balaban J connectivity index is 1.56. The van der Waals surface area contributed by atoms with E-state index in [-0.39, 0.29) is 12.2 Å². The molecule has 2 amide bonds. The van der Waals surface area contributed by atoms with Gasteiger partial charge in [0, 0.05) is 6.07 Å². The van der Waals surface area contributed by atoms with E-state index in [1.807, 2.05) is 17.5 Å². The summed E-state index contributed by atoms with van der Waals surface area (Å²) >= 11 is 1.51. The van der Waals surface area contributed by atoms with Gasteiger partial charge in [0.05, 0.1) is 17.1 Å². The predicted octanol–water partition coefficient (Wildman–Crippen LogP) is 3.54. The van der Waals surface area contributed by atoms with Gasteiger partial charge in [0.15, 0.2) is 0 Å². The normalized spacial score (nSPS) is 10.5. The number of hydrogen-bond donors (Lipinski definition) is 2. The van der Waals surface area contributed by atoms with Gasteiger partial charge in [-0.1, -0.05) is 6.07 Å². The lowest BCUT2D eigenvalue weighted by Gasteiger charge is -2.06. The highest BCUT2D eigenvalue weighted by atomic mass is 32.1. The minimum absolute atomic E-state index is 0.00350. The zero-order chi connectivity index (χ0) is 17.8. The van der Waals surface area contributed by atoms with E-state index >= 15 is 0 Å². The number of carbonyl (C=O) groups is 2. The van der Waals surface area contributed by atoms with Crippen LogP contribution in [0.4, 0.5) is 14.5 Å². The van der Waals surface area contributed by atoms with Gasteiger partial charge in [-0.2, -0.15) is 0 Å². The number of halogens is 2. The average molecular weight is 362 g/mol. The van der Waals surface area contributed by atoms with Crippen molar-refractivity contribution in [1.29, 1.82) is 0 Å². The van der Waals surface area contributed by atoms with Gasteiger partial charge in [-0.05, 0) is 35.7 Å². The quantitative estimate of drug-likeness (QED) is 0.698. The summed E-state index contributed by atoms with van der Waals surface area (Å²) in [4.78, 5) is 24.5. The minimum atomic E-state index is -1.06. The standard InChI is InChI=1S/C17H12F2N2O3S/c18-10-3-5-13(12(19)8-10)21-17(23)16(22)20-9-11-4-6-14(24-11)15-2-1-7-25-15/h1-8H,9H2,(H,20,22)(H,21,23).